The highest BCUT2D eigenvalue weighted by Gasteiger charge is 2.52. The number of ether oxygens (including phenoxy) is 4. The number of nitrogens with one attached hydrogen (secondary N) is 1. The summed E-state index contributed by atoms with van der Waals surface area (Å²) in [6.07, 6.45) is -12.1. The first kappa shape index (κ1) is 22.6. The Morgan fingerprint density at radius 1 is 1.00 bits per heavy atom. The first-order valence-electron chi connectivity index (χ1n) is 7.52. The van der Waals surface area contributed by atoms with Crippen LogP contribution in [0.2, 0.25) is 0 Å². The second-order valence-electron chi connectivity index (χ2n) is 5.51. The molecule has 0 saturated carbocycles. The number of carbonyl (C=O) groups excluding carboxylic acids is 4. The molecule has 1 heterocycles. The van der Waals surface area contributed by atoms with Gasteiger partial charge in [-0.2, -0.15) is 13.2 Å². The molecule has 1 aliphatic heterocycles. The Kier molecular flexibility index (Phi) is 7.54. The lowest BCUT2D eigenvalue weighted by atomic mass is 9.96. The molecule has 0 unspecified atom stereocenters. The van der Waals surface area contributed by atoms with Crippen LogP contribution in [0, 0.1) is 0 Å². The van der Waals surface area contributed by atoms with E-state index >= 15 is 0 Å². The van der Waals surface area contributed by atoms with Crippen molar-refractivity contribution >= 4 is 23.8 Å². The number of amides is 1. The number of rotatable bonds is 5. The second-order valence-corrected chi connectivity index (χ2v) is 5.51. The van der Waals surface area contributed by atoms with Gasteiger partial charge in [-0.25, -0.2) is 0 Å². The average molecular weight is 401 g/mol. The van der Waals surface area contributed by atoms with Crippen LogP contribution < -0.4 is 5.32 Å². The number of esters is 3. The fourth-order valence-corrected chi connectivity index (χ4v) is 2.31. The number of hydrogen-bond donors (Lipinski definition) is 2. The molecule has 27 heavy (non-hydrogen) atoms. The minimum Gasteiger partial charge on any atom is -0.463 e. The van der Waals surface area contributed by atoms with Crippen LogP contribution in [-0.2, 0) is 38.1 Å². The third-order valence-electron chi connectivity index (χ3n) is 3.28. The van der Waals surface area contributed by atoms with E-state index in [1.54, 1.807) is 0 Å². The molecule has 0 aromatic rings. The molecular formula is C14H18F3NO9. The molecule has 0 spiro atoms. The summed E-state index contributed by atoms with van der Waals surface area (Å²) in [5.41, 5.74) is 0. The van der Waals surface area contributed by atoms with Crippen molar-refractivity contribution < 1.29 is 56.4 Å². The van der Waals surface area contributed by atoms with Crippen molar-refractivity contribution in [3.63, 3.8) is 0 Å². The highest BCUT2D eigenvalue weighted by molar-refractivity contribution is 5.82. The zero-order chi connectivity index (χ0) is 20.9. The standard InChI is InChI=1S/C14H18F3NO9/c1-5(19)24-4-8-10(25-6(2)20)11(26-7(3)21)9(12(22)27-8)18-13(23)14(15,16)17/h8-12,22H,4H2,1-3H3,(H,18,23)/t8-,9+,10-,11+,12-/m0/s1. The van der Waals surface area contributed by atoms with Crippen molar-refractivity contribution in [1.82, 2.24) is 5.32 Å². The number of carbonyl (C=O) groups is 4. The van der Waals surface area contributed by atoms with Crippen LogP contribution in [0.15, 0.2) is 0 Å². The van der Waals surface area contributed by atoms with Crippen molar-refractivity contribution in [3.8, 4) is 0 Å². The molecular weight excluding hydrogens is 383 g/mol. The molecule has 0 aromatic heterocycles. The Balaban J connectivity index is 3.18. The van der Waals surface area contributed by atoms with Crippen LogP contribution in [0.5, 0.6) is 0 Å². The summed E-state index contributed by atoms with van der Waals surface area (Å²) < 4.78 is 57.1. The minimum atomic E-state index is -5.30. The molecule has 1 rings (SSSR count). The lowest BCUT2D eigenvalue weighted by molar-refractivity contribution is -0.266. The quantitative estimate of drug-likeness (QED) is 0.447. The van der Waals surface area contributed by atoms with Gasteiger partial charge in [-0.3, -0.25) is 19.2 Å². The fraction of sp³-hybridized carbons (Fsp3) is 0.714. The van der Waals surface area contributed by atoms with Crippen LogP contribution >= 0.6 is 0 Å². The van der Waals surface area contributed by atoms with Crippen molar-refractivity contribution in [3.05, 3.63) is 0 Å². The summed E-state index contributed by atoms with van der Waals surface area (Å²) in [6.45, 7) is 2.36. The SMILES string of the molecule is CC(=O)OC[C@@H]1O[C@H](O)[C@H](NC(=O)C(F)(F)F)[C@@H](OC(C)=O)[C@H]1OC(C)=O. The molecule has 0 aliphatic carbocycles. The third-order valence-corrected chi connectivity index (χ3v) is 3.28. The van der Waals surface area contributed by atoms with Gasteiger partial charge in [0.05, 0.1) is 0 Å². The van der Waals surface area contributed by atoms with Crippen molar-refractivity contribution in [2.75, 3.05) is 6.61 Å². The molecule has 10 nitrogen and oxygen atoms in total. The van der Waals surface area contributed by atoms with Crippen LogP contribution in [-0.4, -0.2) is 72.3 Å². The van der Waals surface area contributed by atoms with Crippen LogP contribution in [0.4, 0.5) is 13.2 Å². The first-order chi connectivity index (χ1) is 12.3. The molecule has 5 atom stereocenters. The zero-order valence-electron chi connectivity index (χ0n) is 14.4. The molecule has 0 aromatic carbocycles. The topological polar surface area (TPSA) is 137 Å². The van der Waals surface area contributed by atoms with Gasteiger partial charge in [0.1, 0.15) is 18.8 Å². The maximum Gasteiger partial charge on any atom is 0.471 e. The van der Waals surface area contributed by atoms with Gasteiger partial charge in [0.2, 0.25) is 0 Å². The van der Waals surface area contributed by atoms with E-state index in [0.29, 0.717) is 0 Å². The molecule has 2 N–H and O–H groups in total. The molecule has 0 radical (unpaired) electrons. The monoisotopic (exact) mass is 401 g/mol. The largest absolute Gasteiger partial charge is 0.471 e. The van der Waals surface area contributed by atoms with E-state index in [4.69, 9.17) is 18.9 Å². The summed E-state index contributed by atoms with van der Waals surface area (Å²) in [5.74, 6) is -5.12. The average Bonchev–Trinajstić information content (AvgIpc) is 2.49. The lowest BCUT2D eigenvalue weighted by Gasteiger charge is -2.43. The van der Waals surface area contributed by atoms with Gasteiger partial charge in [0, 0.05) is 20.8 Å². The molecule has 1 saturated heterocycles. The molecule has 1 aliphatic rings. The summed E-state index contributed by atoms with van der Waals surface area (Å²) in [4.78, 5) is 44.9. The Morgan fingerprint density at radius 2 is 1.52 bits per heavy atom. The van der Waals surface area contributed by atoms with E-state index in [-0.39, 0.29) is 0 Å². The van der Waals surface area contributed by atoms with Gasteiger partial charge < -0.3 is 29.4 Å². The molecule has 154 valence electrons. The molecule has 13 heteroatoms. The van der Waals surface area contributed by atoms with Crippen LogP contribution in [0.1, 0.15) is 20.8 Å². The smallest absolute Gasteiger partial charge is 0.463 e. The van der Waals surface area contributed by atoms with E-state index in [1.807, 2.05) is 0 Å². The van der Waals surface area contributed by atoms with Gasteiger partial charge in [-0.1, -0.05) is 0 Å². The normalized spacial score (nSPS) is 28.0. The van der Waals surface area contributed by atoms with Crippen molar-refractivity contribution in [1.29, 1.82) is 0 Å². The zero-order valence-corrected chi connectivity index (χ0v) is 14.4. The molecule has 1 amide bonds. The Hall–Kier alpha value is -2.41. The second kappa shape index (κ2) is 8.99. The third kappa shape index (κ3) is 6.67. The van der Waals surface area contributed by atoms with Gasteiger partial charge in [0.15, 0.2) is 18.5 Å². The highest BCUT2D eigenvalue weighted by Crippen LogP contribution is 2.27. The number of alkyl halides is 3. The van der Waals surface area contributed by atoms with Crippen LogP contribution in [0.3, 0.4) is 0 Å². The van der Waals surface area contributed by atoms with Gasteiger partial charge in [0.25, 0.3) is 0 Å². The van der Waals surface area contributed by atoms with E-state index in [2.05, 4.69) is 0 Å². The van der Waals surface area contributed by atoms with Crippen molar-refractivity contribution in [2.24, 2.45) is 0 Å². The molecule has 1 fully saturated rings. The predicted molar refractivity (Wildman–Crippen MR) is 76.6 cm³/mol. The number of halogens is 3. The van der Waals surface area contributed by atoms with Gasteiger partial charge >= 0.3 is 30.0 Å². The predicted octanol–water partition coefficient (Wildman–Crippen LogP) is -0.823. The number of aliphatic hydroxyl groups is 1. The number of aliphatic hydroxyl groups excluding tert-OH is 1. The van der Waals surface area contributed by atoms with E-state index in [0.717, 1.165) is 20.8 Å². The van der Waals surface area contributed by atoms with Crippen LogP contribution in [0.25, 0.3) is 0 Å². The summed E-state index contributed by atoms with van der Waals surface area (Å²) in [6, 6.07) is -1.92. The fourth-order valence-electron chi connectivity index (χ4n) is 2.31. The summed E-state index contributed by atoms with van der Waals surface area (Å²) >= 11 is 0. The van der Waals surface area contributed by atoms with E-state index in [9.17, 15) is 37.5 Å². The van der Waals surface area contributed by atoms with Gasteiger partial charge in [-0.15, -0.1) is 0 Å². The first-order valence-corrected chi connectivity index (χ1v) is 7.52. The summed E-state index contributed by atoms with van der Waals surface area (Å²) in [5, 5.41) is 11.4. The number of hydrogen-bond acceptors (Lipinski definition) is 9. The Bertz CT molecular complexity index is 595. The summed E-state index contributed by atoms with van der Waals surface area (Å²) in [7, 11) is 0. The van der Waals surface area contributed by atoms with Crippen molar-refractivity contribution in [2.45, 2.75) is 57.6 Å². The van der Waals surface area contributed by atoms with Gasteiger partial charge in [-0.05, 0) is 0 Å². The lowest BCUT2D eigenvalue weighted by Crippen LogP contribution is -2.67. The maximum atomic E-state index is 12.5. The maximum absolute atomic E-state index is 12.5. The van der Waals surface area contributed by atoms with E-state index in [1.165, 1.54) is 5.32 Å². The highest BCUT2D eigenvalue weighted by atomic mass is 19.4. The van der Waals surface area contributed by atoms with E-state index < -0.39 is 67.2 Å². The molecule has 0 bridgehead atoms. The minimum absolute atomic E-state index is 0.567. The Labute approximate surface area is 150 Å². The Morgan fingerprint density at radius 3 is 1.96 bits per heavy atom.